The fraction of sp³-hybridized carbons (Fsp3) is 0.467. The standard InChI is InChI=1S/C25H29N3S.C20H33N3S/c1-2-3-9-17-25(22(18-26-28-25)20-12-5-4-6-13-20)24(29)27-23-16-10-14-19-11-7-8-15-21(19)23;1-4-7-11-14-20(19(24)22-17(5-2)6-3)18(15-21-23-20)16-12-9-8-10-13-16/h4-8,10-16,22,26,28H,2-3,9,17-18H2,1H3,(H,27,29);8-10,12-13,17-18,21,23H,4-7,11,14-15H2,1-3H3,(H,22,24). The van der Waals surface area contributed by atoms with Crippen molar-refractivity contribution >= 4 is 50.9 Å². The number of hydrogen-bond acceptors (Lipinski definition) is 6. The van der Waals surface area contributed by atoms with Crippen molar-refractivity contribution in [1.82, 2.24) is 27.0 Å². The molecule has 0 saturated carbocycles. The fourth-order valence-electron chi connectivity index (χ4n) is 8.13. The molecule has 53 heavy (non-hydrogen) atoms. The Morgan fingerprint density at radius 1 is 0.623 bits per heavy atom. The van der Waals surface area contributed by atoms with Crippen LogP contribution in [-0.4, -0.2) is 40.2 Å². The molecule has 4 aromatic carbocycles. The molecule has 2 saturated heterocycles. The minimum absolute atomic E-state index is 0.186. The lowest BCUT2D eigenvalue weighted by Gasteiger charge is -2.37. The van der Waals surface area contributed by atoms with E-state index in [1.807, 2.05) is 0 Å². The van der Waals surface area contributed by atoms with Crippen LogP contribution in [0.25, 0.3) is 10.8 Å². The Balaban J connectivity index is 0.000000209. The van der Waals surface area contributed by atoms with Gasteiger partial charge in [0.25, 0.3) is 0 Å². The highest BCUT2D eigenvalue weighted by atomic mass is 32.1. The summed E-state index contributed by atoms with van der Waals surface area (Å²) in [6, 6.07) is 36.8. The average molecular weight is 751 g/mol. The molecule has 284 valence electrons. The molecule has 2 fully saturated rings. The monoisotopic (exact) mass is 750 g/mol. The predicted molar refractivity (Wildman–Crippen MR) is 235 cm³/mol. The third kappa shape index (κ3) is 9.90. The molecule has 2 aliphatic heterocycles. The Kier molecular flexibility index (Phi) is 15.8. The first kappa shape index (κ1) is 40.9. The van der Waals surface area contributed by atoms with Crippen LogP contribution in [0.15, 0.2) is 103 Å². The molecule has 4 atom stereocenters. The van der Waals surface area contributed by atoms with Crippen LogP contribution >= 0.6 is 24.4 Å². The summed E-state index contributed by atoms with van der Waals surface area (Å²) in [4.78, 5) is 1.84. The van der Waals surface area contributed by atoms with E-state index in [1.165, 1.54) is 54.0 Å². The highest BCUT2D eigenvalue weighted by Gasteiger charge is 2.48. The van der Waals surface area contributed by atoms with Gasteiger partial charge >= 0.3 is 0 Å². The van der Waals surface area contributed by atoms with Crippen molar-refractivity contribution in [3.05, 3.63) is 114 Å². The van der Waals surface area contributed by atoms with Gasteiger partial charge in [-0.05, 0) is 48.3 Å². The summed E-state index contributed by atoms with van der Waals surface area (Å²) < 4.78 is 0. The van der Waals surface area contributed by atoms with Crippen molar-refractivity contribution in [2.75, 3.05) is 18.4 Å². The summed E-state index contributed by atoms with van der Waals surface area (Å²) >= 11 is 12.0. The van der Waals surface area contributed by atoms with Crippen LogP contribution in [0.1, 0.15) is 115 Å². The van der Waals surface area contributed by atoms with E-state index in [9.17, 15) is 0 Å². The quantitative estimate of drug-likeness (QED) is 0.0500. The van der Waals surface area contributed by atoms with E-state index in [4.69, 9.17) is 24.4 Å². The van der Waals surface area contributed by atoms with Crippen LogP contribution < -0.4 is 32.3 Å². The predicted octanol–water partition coefficient (Wildman–Crippen LogP) is 10.1. The zero-order valence-electron chi connectivity index (χ0n) is 32.3. The second-order valence-corrected chi connectivity index (χ2v) is 15.6. The molecule has 2 aliphatic rings. The maximum absolute atomic E-state index is 6.08. The summed E-state index contributed by atoms with van der Waals surface area (Å²) in [6.45, 7) is 10.7. The Morgan fingerprint density at radius 3 is 1.64 bits per heavy atom. The minimum atomic E-state index is -0.303. The zero-order valence-corrected chi connectivity index (χ0v) is 34.0. The van der Waals surface area contributed by atoms with Gasteiger partial charge in [0.15, 0.2) is 0 Å². The molecule has 0 amide bonds. The van der Waals surface area contributed by atoms with Gasteiger partial charge in [-0.3, -0.25) is 10.9 Å². The Morgan fingerprint density at radius 2 is 1.11 bits per heavy atom. The molecule has 4 unspecified atom stereocenters. The molecule has 4 aromatic rings. The average Bonchev–Trinajstić information content (AvgIpc) is 3.84. The molecule has 6 rings (SSSR count). The van der Waals surface area contributed by atoms with Gasteiger partial charge < -0.3 is 10.6 Å². The SMILES string of the molecule is CCCCCC1(C(=S)NC(CC)CC)NNCC1c1ccccc1.CCCCCC1(C(=S)Nc2cccc3ccccc23)NNCC1c1ccccc1. The highest BCUT2D eigenvalue weighted by molar-refractivity contribution is 7.81. The molecular formula is C45H62N6S2. The van der Waals surface area contributed by atoms with Gasteiger partial charge in [-0.1, -0.05) is 188 Å². The number of hydrogen-bond donors (Lipinski definition) is 6. The number of rotatable bonds is 16. The van der Waals surface area contributed by atoms with Gasteiger partial charge in [0.2, 0.25) is 0 Å². The van der Waals surface area contributed by atoms with Crippen molar-refractivity contribution < 1.29 is 0 Å². The van der Waals surface area contributed by atoms with E-state index in [0.29, 0.717) is 12.0 Å². The van der Waals surface area contributed by atoms with Gasteiger partial charge in [0, 0.05) is 42.0 Å². The van der Waals surface area contributed by atoms with Crippen LogP contribution in [0.3, 0.4) is 0 Å². The van der Waals surface area contributed by atoms with Gasteiger partial charge in [0.05, 0.1) is 16.1 Å². The van der Waals surface area contributed by atoms with E-state index in [-0.39, 0.29) is 17.0 Å². The molecule has 0 bridgehead atoms. The number of anilines is 1. The van der Waals surface area contributed by atoms with Crippen molar-refractivity contribution in [2.24, 2.45) is 0 Å². The molecule has 0 spiro atoms. The van der Waals surface area contributed by atoms with Gasteiger partial charge in [0.1, 0.15) is 4.99 Å². The van der Waals surface area contributed by atoms with Gasteiger partial charge in [-0.15, -0.1) is 0 Å². The first-order chi connectivity index (χ1) is 25.9. The van der Waals surface area contributed by atoms with Crippen LogP contribution in [0.4, 0.5) is 5.69 Å². The number of nitrogens with one attached hydrogen (secondary N) is 6. The summed E-state index contributed by atoms with van der Waals surface area (Å²) in [5, 5.41) is 9.70. The number of hydrazine groups is 2. The molecule has 6 nitrogen and oxygen atoms in total. The normalized spacial score (nSPS) is 22.4. The first-order valence-corrected chi connectivity index (χ1v) is 20.9. The molecular weight excluding hydrogens is 689 g/mol. The van der Waals surface area contributed by atoms with Crippen molar-refractivity contribution in [1.29, 1.82) is 0 Å². The summed E-state index contributed by atoms with van der Waals surface area (Å²) in [5.74, 6) is 0.653. The summed E-state index contributed by atoms with van der Waals surface area (Å²) in [7, 11) is 0. The third-order valence-electron chi connectivity index (χ3n) is 11.3. The van der Waals surface area contributed by atoms with E-state index in [0.717, 1.165) is 60.9 Å². The molecule has 0 aliphatic carbocycles. The van der Waals surface area contributed by atoms with Gasteiger partial charge in [-0.2, -0.15) is 0 Å². The van der Waals surface area contributed by atoms with E-state index < -0.39 is 0 Å². The number of benzene rings is 4. The first-order valence-electron chi connectivity index (χ1n) is 20.1. The number of unbranched alkanes of at least 4 members (excludes halogenated alkanes) is 4. The third-order valence-corrected chi connectivity index (χ3v) is 12.3. The van der Waals surface area contributed by atoms with Crippen LogP contribution in [0, 0.1) is 0 Å². The highest BCUT2D eigenvalue weighted by Crippen LogP contribution is 2.38. The fourth-order valence-corrected chi connectivity index (χ4v) is 9.00. The largest absolute Gasteiger partial charge is 0.375 e. The van der Waals surface area contributed by atoms with Crippen molar-refractivity contribution in [3.63, 3.8) is 0 Å². The minimum Gasteiger partial charge on any atom is -0.375 e. The maximum atomic E-state index is 6.08. The Bertz CT molecular complexity index is 1710. The van der Waals surface area contributed by atoms with E-state index in [2.05, 4.69) is 163 Å². The number of fused-ring (bicyclic) bond motifs is 1. The van der Waals surface area contributed by atoms with E-state index in [1.54, 1.807) is 0 Å². The summed E-state index contributed by atoms with van der Waals surface area (Å²) in [5.41, 5.74) is 17.3. The van der Waals surface area contributed by atoms with Gasteiger partial charge in [-0.25, -0.2) is 10.9 Å². The second-order valence-electron chi connectivity index (χ2n) is 14.8. The lowest BCUT2D eigenvalue weighted by molar-refractivity contribution is 0.381. The Hall–Kier alpha value is -3.24. The second kappa shape index (κ2) is 20.4. The zero-order chi connectivity index (χ0) is 37.5. The Labute approximate surface area is 330 Å². The number of thiocarbonyl (C=S) groups is 2. The van der Waals surface area contributed by atoms with Crippen LogP contribution in [0.5, 0.6) is 0 Å². The van der Waals surface area contributed by atoms with Crippen molar-refractivity contribution in [2.45, 2.75) is 121 Å². The maximum Gasteiger partial charge on any atom is 0.102 e. The molecule has 6 N–H and O–H groups in total. The van der Waals surface area contributed by atoms with Crippen LogP contribution in [-0.2, 0) is 0 Å². The molecule has 0 aromatic heterocycles. The molecule has 0 radical (unpaired) electrons. The van der Waals surface area contributed by atoms with Crippen molar-refractivity contribution in [3.8, 4) is 0 Å². The van der Waals surface area contributed by atoms with Crippen LogP contribution in [0.2, 0.25) is 0 Å². The molecule has 8 heteroatoms. The van der Waals surface area contributed by atoms with E-state index >= 15 is 0 Å². The lowest BCUT2D eigenvalue weighted by Crippen LogP contribution is -2.58. The molecule has 2 heterocycles. The topological polar surface area (TPSA) is 72.2 Å². The lowest BCUT2D eigenvalue weighted by atomic mass is 9.77. The smallest absolute Gasteiger partial charge is 0.102 e. The summed E-state index contributed by atoms with van der Waals surface area (Å²) in [6.07, 6.45) is 11.5.